The summed E-state index contributed by atoms with van der Waals surface area (Å²) in [4.78, 5) is 34.9. The maximum Gasteiger partial charge on any atom is 0.410 e. The summed E-state index contributed by atoms with van der Waals surface area (Å²) in [6, 6.07) is 7.82. The summed E-state index contributed by atoms with van der Waals surface area (Å²) < 4.78 is 9.87. The highest BCUT2D eigenvalue weighted by Gasteiger charge is 2.21. The second-order valence-electron chi connectivity index (χ2n) is 7.60. The number of ether oxygens (including phenoxy) is 2. The molecule has 156 valence electrons. The molecule has 0 bridgehead atoms. The van der Waals surface area contributed by atoms with E-state index in [1.54, 1.807) is 13.8 Å². The van der Waals surface area contributed by atoms with Gasteiger partial charge >= 0.3 is 18.0 Å². The summed E-state index contributed by atoms with van der Waals surface area (Å²) in [5, 5.41) is 11.9. The van der Waals surface area contributed by atoms with E-state index in [1.807, 2.05) is 24.3 Å². The zero-order valence-electron chi connectivity index (χ0n) is 17.2. The molecule has 0 spiro atoms. The molecule has 2 atom stereocenters. The van der Waals surface area contributed by atoms with Crippen LogP contribution >= 0.6 is 0 Å². The molecule has 7 heteroatoms. The first-order valence-corrected chi connectivity index (χ1v) is 9.54. The highest BCUT2D eigenvalue weighted by Crippen LogP contribution is 2.14. The Balaban J connectivity index is 2.58. The second kappa shape index (κ2) is 11.3. The van der Waals surface area contributed by atoms with Gasteiger partial charge in [-0.3, -0.25) is 9.59 Å². The molecule has 0 aliphatic rings. The molecule has 0 saturated carbocycles. The molecule has 0 aliphatic heterocycles. The van der Waals surface area contributed by atoms with Crippen LogP contribution in [0.5, 0.6) is 0 Å². The van der Waals surface area contributed by atoms with E-state index in [1.165, 1.54) is 6.92 Å². The van der Waals surface area contributed by atoms with Crippen LogP contribution in [0.1, 0.15) is 45.7 Å². The van der Waals surface area contributed by atoms with Crippen LogP contribution in [-0.2, 0) is 31.9 Å². The SMILES string of the molecule is CC(C)Cc1cccc(C[C@@H](CNC(=O)O[C@@H](C)OC(=O)C(C)C)C(=O)O)c1. The first-order valence-electron chi connectivity index (χ1n) is 9.54. The number of carboxylic acids is 1. The number of hydrogen-bond acceptors (Lipinski definition) is 5. The molecule has 1 aromatic carbocycles. The zero-order valence-corrected chi connectivity index (χ0v) is 17.2. The third-order valence-electron chi connectivity index (χ3n) is 3.99. The lowest BCUT2D eigenvalue weighted by molar-refractivity contribution is -0.168. The number of carbonyl (C=O) groups is 3. The van der Waals surface area contributed by atoms with Gasteiger partial charge < -0.3 is 19.9 Å². The minimum atomic E-state index is -1.05. The summed E-state index contributed by atoms with van der Waals surface area (Å²) in [6.07, 6.45) is -0.669. The molecule has 7 nitrogen and oxygen atoms in total. The first-order chi connectivity index (χ1) is 13.1. The molecular formula is C21H31NO6. The maximum atomic E-state index is 11.8. The number of hydrogen-bond donors (Lipinski definition) is 2. The summed E-state index contributed by atoms with van der Waals surface area (Å²) in [7, 11) is 0. The smallest absolute Gasteiger partial charge is 0.410 e. The van der Waals surface area contributed by atoms with Gasteiger partial charge in [0.1, 0.15) is 0 Å². The molecule has 0 heterocycles. The third kappa shape index (κ3) is 8.88. The Labute approximate surface area is 166 Å². The van der Waals surface area contributed by atoms with Gasteiger partial charge in [-0.15, -0.1) is 0 Å². The van der Waals surface area contributed by atoms with E-state index in [4.69, 9.17) is 9.47 Å². The predicted octanol–water partition coefficient (Wildman–Crippen LogP) is 3.40. The van der Waals surface area contributed by atoms with Gasteiger partial charge in [0.2, 0.25) is 6.29 Å². The van der Waals surface area contributed by atoms with E-state index >= 15 is 0 Å². The predicted molar refractivity (Wildman–Crippen MR) is 105 cm³/mol. The standard InChI is InChI=1S/C21H31NO6/c1-13(2)9-16-7-6-8-17(10-16)11-18(19(23)24)12-22-21(26)28-15(5)27-20(25)14(3)4/h6-8,10,13-15,18H,9,11-12H2,1-5H3,(H,22,26)(H,23,24)/t15-,18-/m0/s1. The Kier molecular flexibility index (Phi) is 9.48. The molecule has 1 aromatic rings. The Bertz CT molecular complexity index is 671. The minimum Gasteiger partial charge on any atom is -0.481 e. The first kappa shape index (κ1) is 23.5. The summed E-state index contributed by atoms with van der Waals surface area (Å²) >= 11 is 0. The van der Waals surface area contributed by atoms with Gasteiger partial charge in [-0.25, -0.2) is 4.79 Å². The molecular weight excluding hydrogens is 362 g/mol. The number of carbonyl (C=O) groups excluding carboxylic acids is 2. The quantitative estimate of drug-likeness (QED) is 0.467. The average molecular weight is 393 g/mol. The average Bonchev–Trinajstić information content (AvgIpc) is 2.57. The van der Waals surface area contributed by atoms with Gasteiger partial charge in [0.25, 0.3) is 0 Å². The molecule has 0 unspecified atom stereocenters. The fraction of sp³-hybridized carbons (Fsp3) is 0.571. The van der Waals surface area contributed by atoms with Crippen molar-refractivity contribution in [3.8, 4) is 0 Å². The molecule has 28 heavy (non-hydrogen) atoms. The maximum absolute atomic E-state index is 11.8. The molecule has 0 fully saturated rings. The van der Waals surface area contributed by atoms with Gasteiger partial charge in [0, 0.05) is 13.5 Å². The van der Waals surface area contributed by atoms with Crippen molar-refractivity contribution >= 4 is 18.0 Å². The molecule has 1 amide bonds. The van der Waals surface area contributed by atoms with E-state index < -0.39 is 30.2 Å². The summed E-state index contributed by atoms with van der Waals surface area (Å²) in [6.45, 7) is 8.93. The molecule has 1 rings (SSSR count). The Morgan fingerprint density at radius 2 is 1.61 bits per heavy atom. The number of aliphatic carboxylic acids is 1. The third-order valence-corrected chi connectivity index (χ3v) is 3.99. The topological polar surface area (TPSA) is 102 Å². The van der Waals surface area contributed by atoms with Crippen LogP contribution in [0.25, 0.3) is 0 Å². The normalized spacial score (nSPS) is 13.1. The highest BCUT2D eigenvalue weighted by molar-refractivity contribution is 5.73. The minimum absolute atomic E-state index is 0.0899. The molecule has 0 saturated heterocycles. The highest BCUT2D eigenvalue weighted by atomic mass is 16.7. The number of carboxylic acid groups (broad SMARTS) is 1. The van der Waals surface area contributed by atoms with E-state index in [0.29, 0.717) is 12.3 Å². The van der Waals surface area contributed by atoms with Gasteiger partial charge in [-0.05, 0) is 29.9 Å². The fourth-order valence-electron chi connectivity index (χ4n) is 2.61. The van der Waals surface area contributed by atoms with Crippen molar-refractivity contribution in [2.24, 2.45) is 17.8 Å². The Hall–Kier alpha value is -2.57. The number of esters is 1. The van der Waals surface area contributed by atoms with Gasteiger partial charge in [0.15, 0.2) is 0 Å². The van der Waals surface area contributed by atoms with Crippen molar-refractivity contribution in [1.82, 2.24) is 5.32 Å². The largest absolute Gasteiger partial charge is 0.481 e. The number of amides is 1. The monoisotopic (exact) mass is 393 g/mol. The zero-order chi connectivity index (χ0) is 21.3. The number of nitrogens with one attached hydrogen (secondary N) is 1. The molecule has 0 aliphatic carbocycles. The number of benzene rings is 1. The molecule has 2 N–H and O–H groups in total. The van der Waals surface area contributed by atoms with E-state index in [2.05, 4.69) is 19.2 Å². The van der Waals surface area contributed by atoms with Crippen molar-refractivity contribution in [2.45, 2.75) is 53.8 Å². The van der Waals surface area contributed by atoms with Gasteiger partial charge in [0.05, 0.1) is 11.8 Å². The lowest BCUT2D eigenvalue weighted by Gasteiger charge is -2.17. The molecule has 0 radical (unpaired) electrons. The van der Waals surface area contributed by atoms with Crippen LogP contribution < -0.4 is 5.32 Å². The summed E-state index contributed by atoms with van der Waals surface area (Å²) in [5.74, 6) is -2.11. The lowest BCUT2D eigenvalue weighted by atomic mass is 9.95. The van der Waals surface area contributed by atoms with Crippen LogP contribution in [0.4, 0.5) is 4.79 Å². The fourth-order valence-corrected chi connectivity index (χ4v) is 2.61. The molecule has 0 aromatic heterocycles. The van der Waals surface area contributed by atoms with Crippen LogP contribution in [0.15, 0.2) is 24.3 Å². The van der Waals surface area contributed by atoms with E-state index in [-0.39, 0.29) is 12.5 Å². The summed E-state index contributed by atoms with van der Waals surface area (Å²) in [5.41, 5.74) is 2.06. The number of alkyl carbamates (subject to hydrolysis) is 1. The second-order valence-corrected chi connectivity index (χ2v) is 7.60. The van der Waals surface area contributed by atoms with Gasteiger partial charge in [-0.2, -0.15) is 0 Å². The van der Waals surface area contributed by atoms with E-state index in [0.717, 1.165) is 17.5 Å². The van der Waals surface area contributed by atoms with Crippen molar-refractivity contribution in [2.75, 3.05) is 6.54 Å². The van der Waals surface area contributed by atoms with Crippen LogP contribution in [0.2, 0.25) is 0 Å². The van der Waals surface area contributed by atoms with Crippen LogP contribution in [0, 0.1) is 17.8 Å². The van der Waals surface area contributed by atoms with Crippen molar-refractivity contribution in [1.29, 1.82) is 0 Å². The number of rotatable bonds is 10. The Morgan fingerprint density at radius 3 is 2.14 bits per heavy atom. The Morgan fingerprint density at radius 1 is 1.00 bits per heavy atom. The van der Waals surface area contributed by atoms with Gasteiger partial charge in [-0.1, -0.05) is 52.0 Å². The van der Waals surface area contributed by atoms with Crippen LogP contribution in [-0.4, -0.2) is 36.0 Å². The van der Waals surface area contributed by atoms with Crippen molar-refractivity contribution in [3.63, 3.8) is 0 Å². The van der Waals surface area contributed by atoms with Crippen molar-refractivity contribution in [3.05, 3.63) is 35.4 Å². The van der Waals surface area contributed by atoms with Crippen LogP contribution in [0.3, 0.4) is 0 Å². The lowest BCUT2D eigenvalue weighted by Crippen LogP contribution is -2.36. The van der Waals surface area contributed by atoms with E-state index in [9.17, 15) is 19.5 Å². The van der Waals surface area contributed by atoms with Crippen molar-refractivity contribution < 1.29 is 29.0 Å².